The quantitative estimate of drug-likeness (QED) is 0.414. The number of likely N-dealkylation sites (N-methyl/N-ethyl adjacent to an activating group) is 1. The number of sulfonamides is 2. The lowest BCUT2D eigenvalue weighted by molar-refractivity contribution is -0.123. The van der Waals surface area contributed by atoms with Gasteiger partial charge in [-0.05, 0) is 35.0 Å². The van der Waals surface area contributed by atoms with Gasteiger partial charge >= 0.3 is 6.03 Å². The highest BCUT2D eigenvalue weighted by Gasteiger charge is 2.42. The van der Waals surface area contributed by atoms with Crippen molar-refractivity contribution in [3.63, 3.8) is 0 Å². The van der Waals surface area contributed by atoms with Gasteiger partial charge in [-0.1, -0.05) is 12.1 Å². The number of hydrogen-bond donors (Lipinski definition) is 1. The van der Waals surface area contributed by atoms with Crippen LogP contribution in [0.1, 0.15) is 5.56 Å². The third-order valence-corrected chi connectivity index (χ3v) is 12.2. The van der Waals surface area contributed by atoms with Crippen LogP contribution in [0.3, 0.4) is 0 Å². The number of thiophene rings is 2. The predicted octanol–water partition coefficient (Wildman–Crippen LogP) is 2.69. The highest BCUT2D eigenvalue weighted by atomic mass is 32.3. The molecule has 1 N–H and O–H groups in total. The van der Waals surface area contributed by atoms with Crippen LogP contribution < -0.4 is 13.2 Å². The molecule has 3 amide bonds. The minimum atomic E-state index is -4.70. The first-order valence-electron chi connectivity index (χ1n) is 10.3. The first-order valence-corrected chi connectivity index (χ1v) is 15.0. The van der Waals surface area contributed by atoms with Gasteiger partial charge < -0.3 is 19.5 Å². The van der Waals surface area contributed by atoms with Crippen molar-refractivity contribution in [1.29, 1.82) is 0 Å². The number of phenols is 1. The molecule has 0 bridgehead atoms. The predicted molar refractivity (Wildman–Crippen MR) is 134 cm³/mol. The lowest BCUT2D eigenvalue weighted by atomic mass is 10.1. The zero-order valence-electron chi connectivity index (χ0n) is 18.8. The Morgan fingerprint density at radius 1 is 1.00 bits per heavy atom. The van der Waals surface area contributed by atoms with Gasteiger partial charge in [0.1, 0.15) is 20.7 Å². The second kappa shape index (κ2) is 9.05. The van der Waals surface area contributed by atoms with Crippen molar-refractivity contribution in [2.24, 2.45) is 0 Å². The molecule has 1 saturated heterocycles. The third kappa shape index (κ3) is 4.11. The molecule has 194 valence electrons. The Labute approximate surface area is 219 Å². The van der Waals surface area contributed by atoms with Crippen molar-refractivity contribution in [1.82, 2.24) is 9.80 Å². The highest BCUT2D eigenvalue weighted by Crippen LogP contribution is 2.52. The lowest BCUT2D eigenvalue weighted by Gasteiger charge is -2.24. The molecule has 4 heterocycles. The molecule has 12 nitrogen and oxygen atoms in total. The average molecular weight is 584 g/mol. The molecule has 16 heteroatoms. The highest BCUT2D eigenvalue weighted by molar-refractivity contribution is 8.11. The van der Waals surface area contributed by atoms with E-state index in [-0.39, 0.29) is 35.7 Å². The zero-order valence-corrected chi connectivity index (χ0v) is 22.1. The third-order valence-electron chi connectivity index (χ3n) is 5.33. The van der Waals surface area contributed by atoms with E-state index in [4.69, 9.17) is 9.47 Å². The number of phenolic OH excluding ortho intramolecular Hbond substituents is 1. The number of urea groups is 1. The SMILES string of the molecule is CN1CC(=O)N(/C=C/c2cc(N(S(=O)(=O)c3cccs3)S(=O)(=O)c3cccs3)c3c(c2O)OCO3)C1=O. The van der Waals surface area contributed by atoms with E-state index in [1.807, 2.05) is 0 Å². The van der Waals surface area contributed by atoms with Gasteiger partial charge in [-0.3, -0.25) is 4.79 Å². The Balaban J connectivity index is 1.72. The molecule has 0 spiro atoms. The number of anilines is 1. The van der Waals surface area contributed by atoms with Gasteiger partial charge in [0.15, 0.2) is 11.5 Å². The van der Waals surface area contributed by atoms with Crippen molar-refractivity contribution < 1.29 is 41.0 Å². The van der Waals surface area contributed by atoms with Gasteiger partial charge in [-0.25, -0.2) is 9.69 Å². The summed E-state index contributed by atoms with van der Waals surface area (Å²) >= 11 is 1.64. The van der Waals surface area contributed by atoms with Crippen LogP contribution in [0.25, 0.3) is 6.08 Å². The Hall–Kier alpha value is -3.60. The van der Waals surface area contributed by atoms with E-state index < -0.39 is 50.2 Å². The first kappa shape index (κ1) is 25.1. The van der Waals surface area contributed by atoms with Crippen LogP contribution in [0.2, 0.25) is 0 Å². The van der Waals surface area contributed by atoms with Crippen molar-refractivity contribution in [2.45, 2.75) is 8.42 Å². The topological polar surface area (TPSA) is 151 Å². The second-order valence-corrected chi connectivity index (χ2v) is 13.8. The maximum Gasteiger partial charge on any atom is 0.331 e. The molecule has 0 atom stereocenters. The molecular weight excluding hydrogens is 567 g/mol. The van der Waals surface area contributed by atoms with Crippen molar-refractivity contribution >= 4 is 66.4 Å². The lowest BCUT2D eigenvalue weighted by Crippen LogP contribution is -2.36. The number of aromatic hydroxyl groups is 1. The largest absolute Gasteiger partial charge is 0.504 e. The van der Waals surface area contributed by atoms with Crippen molar-refractivity contribution in [3.8, 4) is 17.2 Å². The molecule has 0 unspecified atom stereocenters. The van der Waals surface area contributed by atoms with Gasteiger partial charge in [0.05, 0.1) is 0 Å². The molecule has 1 fully saturated rings. The van der Waals surface area contributed by atoms with Crippen molar-refractivity contribution in [2.75, 3.05) is 24.1 Å². The Bertz CT molecular complexity index is 1570. The average Bonchev–Trinajstić information content (AvgIpc) is 3.65. The summed E-state index contributed by atoms with van der Waals surface area (Å²) in [5.74, 6) is -1.61. The number of fused-ring (bicyclic) bond motifs is 1. The van der Waals surface area contributed by atoms with E-state index >= 15 is 0 Å². The fourth-order valence-corrected chi connectivity index (χ4v) is 9.70. The van der Waals surface area contributed by atoms with E-state index in [2.05, 4.69) is 0 Å². The number of nitrogens with zero attached hydrogens (tertiary/aromatic N) is 3. The van der Waals surface area contributed by atoms with E-state index in [0.29, 0.717) is 0 Å². The fourth-order valence-electron chi connectivity index (χ4n) is 3.63. The molecule has 0 aliphatic carbocycles. The fraction of sp³-hybridized carbons (Fsp3) is 0.143. The zero-order chi connectivity index (χ0) is 26.5. The van der Waals surface area contributed by atoms with Crippen LogP contribution in [0.4, 0.5) is 10.5 Å². The number of benzene rings is 1. The van der Waals surface area contributed by atoms with Crippen LogP contribution >= 0.6 is 22.7 Å². The number of amides is 3. The number of hydrogen-bond acceptors (Lipinski definition) is 11. The Kier molecular flexibility index (Phi) is 6.13. The number of carbonyl (C=O) groups excluding carboxylic acids is 2. The smallest absolute Gasteiger partial charge is 0.331 e. The minimum absolute atomic E-state index is 0.123. The van der Waals surface area contributed by atoms with Gasteiger partial charge in [0.25, 0.3) is 26.0 Å². The van der Waals surface area contributed by atoms with E-state index in [1.165, 1.54) is 53.0 Å². The monoisotopic (exact) mass is 583 g/mol. The van der Waals surface area contributed by atoms with Crippen LogP contribution in [-0.4, -0.2) is 64.1 Å². The summed E-state index contributed by atoms with van der Waals surface area (Å²) in [6, 6.07) is 5.91. The maximum atomic E-state index is 13.7. The summed E-state index contributed by atoms with van der Waals surface area (Å²) in [6.45, 7) is -0.559. The van der Waals surface area contributed by atoms with Crippen LogP contribution in [0.5, 0.6) is 17.2 Å². The Morgan fingerprint density at radius 2 is 1.59 bits per heavy atom. The molecule has 2 aliphatic rings. The second-order valence-electron chi connectivity index (χ2n) is 7.69. The van der Waals surface area contributed by atoms with E-state index in [1.54, 1.807) is 0 Å². The van der Waals surface area contributed by atoms with E-state index in [9.17, 15) is 31.5 Å². The molecule has 2 aromatic heterocycles. The summed E-state index contributed by atoms with van der Waals surface area (Å²) in [7, 11) is -7.96. The molecular formula is C21H17N3O9S4. The van der Waals surface area contributed by atoms with Crippen molar-refractivity contribution in [3.05, 3.63) is 52.9 Å². The standard InChI is InChI=1S/C21H17N3O9S4/c1-22-11-15(25)23(21(22)27)7-6-13-10-14(19-20(18(13)26)33-12-32-19)24(36(28,29)16-4-2-8-34-16)37(30,31)17-5-3-9-35-17/h2-10,26H,11-12H2,1H3/b7-6+. The molecule has 0 saturated carbocycles. The molecule has 0 radical (unpaired) electrons. The number of imide groups is 1. The molecule has 1 aromatic carbocycles. The van der Waals surface area contributed by atoms with Gasteiger partial charge in [-0.15, -0.1) is 22.7 Å². The molecule has 37 heavy (non-hydrogen) atoms. The number of carbonyl (C=O) groups is 2. The maximum absolute atomic E-state index is 13.7. The number of rotatable bonds is 7. The van der Waals surface area contributed by atoms with Crippen LogP contribution in [0.15, 0.2) is 55.7 Å². The van der Waals surface area contributed by atoms with Crippen LogP contribution in [0, 0.1) is 0 Å². The van der Waals surface area contributed by atoms with Gasteiger partial charge in [0, 0.05) is 18.8 Å². The summed E-state index contributed by atoms with van der Waals surface area (Å²) < 4.78 is 65.3. The normalized spacial score (nSPS) is 15.8. The summed E-state index contributed by atoms with van der Waals surface area (Å²) in [5.41, 5.74) is -0.565. The summed E-state index contributed by atoms with van der Waals surface area (Å²) in [5, 5.41) is 13.7. The molecule has 5 rings (SSSR count). The van der Waals surface area contributed by atoms with E-state index in [0.717, 1.165) is 39.8 Å². The first-order chi connectivity index (χ1) is 17.5. The summed E-state index contributed by atoms with van der Waals surface area (Å²) in [6.07, 6.45) is 2.27. The van der Waals surface area contributed by atoms with Crippen LogP contribution in [-0.2, 0) is 24.8 Å². The Morgan fingerprint density at radius 3 is 2.11 bits per heavy atom. The number of ether oxygens (including phenoxy) is 2. The summed E-state index contributed by atoms with van der Waals surface area (Å²) in [4.78, 5) is 26.3. The minimum Gasteiger partial charge on any atom is -0.504 e. The molecule has 2 aliphatic heterocycles. The van der Waals surface area contributed by atoms with Gasteiger partial charge in [0.2, 0.25) is 12.5 Å². The van der Waals surface area contributed by atoms with Gasteiger partial charge in [-0.2, -0.15) is 20.5 Å². The molecule has 3 aromatic rings.